The quantitative estimate of drug-likeness (QED) is 0.0475. The van der Waals surface area contributed by atoms with E-state index in [1.807, 2.05) is 114 Å². The highest BCUT2D eigenvalue weighted by Gasteiger charge is 2.53. The topological polar surface area (TPSA) is 221 Å². The first-order chi connectivity index (χ1) is 72.6. The highest BCUT2D eigenvalue weighted by atomic mass is 79.9. The van der Waals surface area contributed by atoms with Crippen molar-refractivity contribution in [3.05, 3.63) is 407 Å². The van der Waals surface area contributed by atoms with Crippen LogP contribution in [0.3, 0.4) is 0 Å². The molecule has 8 aromatic heterocycles. The number of nitrogens with two attached hydrogens (primary N) is 2. The number of hydrogen-bond acceptors (Lipinski definition) is 15. The zero-order valence-corrected chi connectivity index (χ0v) is 89.4. The smallest absolute Gasteiger partial charge is 0.423 e. The van der Waals surface area contributed by atoms with E-state index in [2.05, 4.69) is 331 Å². The number of carbonyl (C=O) groups excluding carboxylic acids is 2. The number of aromatic nitrogens is 3. The molecule has 0 spiro atoms. The first-order valence-electron chi connectivity index (χ1n) is 48.2. The maximum Gasteiger partial charge on any atom is 0.515 e. The zero-order chi connectivity index (χ0) is 104. The molecular formula is C122H84B2BrCl4FN5O8PS5. The van der Waals surface area contributed by atoms with Crippen LogP contribution in [0.2, 0.25) is 5.15 Å². The Morgan fingerprint density at radius 3 is 1.10 bits per heavy atom. The Morgan fingerprint density at radius 1 is 0.376 bits per heavy atom. The second-order valence-electron chi connectivity index (χ2n) is 36.8. The zero-order valence-electron chi connectivity index (χ0n) is 80.8. The molecule has 0 atom stereocenters. The normalized spacial score (nSPS) is 12.9. The number of hydrogen-bond donors (Lipinski definition) is 5. The molecule has 28 aromatic rings. The summed E-state index contributed by atoms with van der Waals surface area (Å²) < 4.78 is 50.9. The van der Waals surface area contributed by atoms with Crippen molar-refractivity contribution in [2.45, 2.75) is 38.9 Å². The molecule has 1 fully saturated rings. The van der Waals surface area contributed by atoms with E-state index >= 15 is 0 Å². The van der Waals surface area contributed by atoms with Gasteiger partial charge in [-0.1, -0.05) is 321 Å². The van der Waals surface area contributed by atoms with Crippen LogP contribution in [-0.4, -0.2) is 69.4 Å². The van der Waals surface area contributed by atoms with Crippen LogP contribution < -0.4 is 28.1 Å². The lowest BCUT2D eigenvalue weighted by Crippen LogP contribution is -2.41. The van der Waals surface area contributed by atoms with Crippen LogP contribution >= 0.6 is 123 Å². The number of carbonyl (C=O) groups is 2. The van der Waals surface area contributed by atoms with Gasteiger partial charge in [0.05, 0.1) is 61.5 Å². The van der Waals surface area contributed by atoms with Gasteiger partial charge < -0.3 is 35.8 Å². The third kappa shape index (κ3) is 18.3. The van der Waals surface area contributed by atoms with Gasteiger partial charge in [-0.3, -0.25) is 28.3 Å². The average molecular weight is 2200 g/mol. The number of rotatable bonds is 5. The van der Waals surface area contributed by atoms with E-state index < -0.39 is 49.6 Å². The molecule has 0 aliphatic carbocycles. The number of amides is 2. The van der Waals surface area contributed by atoms with Gasteiger partial charge >= 0.3 is 19.4 Å². The van der Waals surface area contributed by atoms with Gasteiger partial charge in [-0.05, 0) is 231 Å². The molecule has 27 heteroatoms. The molecule has 20 aromatic carbocycles. The lowest BCUT2D eigenvalue weighted by molar-refractivity contribution is 0.00578. The van der Waals surface area contributed by atoms with Crippen LogP contribution in [0.4, 0.5) is 4.39 Å². The van der Waals surface area contributed by atoms with Gasteiger partial charge in [0.25, 0.3) is 5.56 Å². The van der Waals surface area contributed by atoms with Crippen molar-refractivity contribution in [1.29, 1.82) is 0 Å². The Hall–Kier alpha value is -13.7. The van der Waals surface area contributed by atoms with Gasteiger partial charge in [0.15, 0.2) is 0 Å². The number of fused-ring (bicyclic) bond motifs is 40. The molecular weight excluding hydrogens is 2120 g/mol. The van der Waals surface area contributed by atoms with Crippen molar-refractivity contribution >= 4 is 380 Å². The molecule has 0 saturated carbocycles. The summed E-state index contributed by atoms with van der Waals surface area (Å²) in [5.74, 6) is -0.811. The number of pyridine rings is 3. The predicted molar refractivity (Wildman–Crippen MR) is 645 cm³/mol. The molecule has 1 aliphatic rings. The second kappa shape index (κ2) is 41.0. The average Bonchev–Trinajstić information content (AvgIpc) is 1.48. The molecule has 1 aliphatic heterocycles. The van der Waals surface area contributed by atoms with Crippen LogP contribution in [0.5, 0.6) is 0 Å². The maximum absolute atomic E-state index is 12.7. The van der Waals surface area contributed by atoms with E-state index in [1.165, 1.54) is 145 Å². The molecule has 0 unspecified atom stereocenters. The second-order valence-corrected chi connectivity index (χ2v) is 49.9. The largest absolute Gasteiger partial charge is 0.515 e. The Morgan fingerprint density at radius 2 is 0.671 bits per heavy atom. The molecule has 7 N–H and O–H groups in total. The molecule has 2 amide bonds. The molecule has 0 bridgehead atoms. The molecule has 9 heterocycles. The van der Waals surface area contributed by atoms with Crippen LogP contribution in [0.15, 0.2) is 385 Å². The lowest BCUT2D eigenvalue weighted by atomic mass is 9.76. The van der Waals surface area contributed by atoms with Gasteiger partial charge in [-0.25, -0.2) is 4.98 Å². The number of H-pyrrole nitrogens is 1. The van der Waals surface area contributed by atoms with E-state index in [9.17, 15) is 33.4 Å². The van der Waals surface area contributed by atoms with Crippen molar-refractivity contribution in [2.75, 3.05) is 7.15 Å². The van der Waals surface area contributed by atoms with E-state index in [0.29, 0.717) is 21.7 Å². The standard InChI is InChI=1S/C29H24BNO2S.C23H12ClNS.C23H13NOS.C23H15NOS.C16H11BO2S.C7H6BrNO.CH3F.Cl3OP/c1-28(2)29(3,4)33-30(32-28)27-20-14-8-7-13-19(20)23-17-11-5-6-12-18(17)24-21-15-9-10-16-22(21)34-26(24)25(23)31-27;24-23-16-10-4-3-9-15(16)19-13-7-1-2-8-14(13)20-17-11-5-6-12-18(17)26-22(20)21(19)25-23;25-23-16-10-4-3-9-15(16)19-13-7-1-2-8-14(13)20-17-11-5-6-12-18(17)26-22(20)21(19)24-23;24-23(25)17-10-4-2-8-15(17)19-13-21-22(16-9-3-1-7-14(16)19)18-11-5-6-12-20(18)26-21;18-17(19)13-9-15-16(11-6-2-1-5-10(11)13)12-7-3-4-8-14(12)20-15;8-6-4-2-1-3-5(6)7(9)10;1-2;1-5(2,3)4/h5-16H,1-4H3;1-12H;1-12H,(H,24,25);1-13H,(H2,24,25);1-9,18-19H;1-4H,(H2,9,10);1H3;/i;;;;;;1D;. The number of benzene rings is 20. The molecule has 1 saturated heterocycles. The molecule has 149 heavy (non-hydrogen) atoms. The van der Waals surface area contributed by atoms with E-state index in [-0.39, 0.29) is 5.56 Å². The van der Waals surface area contributed by atoms with Crippen LogP contribution in [0.1, 0.15) is 49.8 Å². The number of thiophene rings is 5. The summed E-state index contributed by atoms with van der Waals surface area (Å²) in [5, 5.41) is 50.7. The first-order valence-corrected chi connectivity index (χ1v) is 57.2. The van der Waals surface area contributed by atoms with Gasteiger partial charge in [-0.2, -0.15) is 0 Å². The highest BCUT2D eigenvalue weighted by molar-refractivity contribution is 9.10. The van der Waals surface area contributed by atoms with Crippen LogP contribution in [0, 0.1) is 0 Å². The van der Waals surface area contributed by atoms with E-state index in [0.717, 1.165) is 95.6 Å². The summed E-state index contributed by atoms with van der Waals surface area (Å²) in [7, 11) is -2.97. The summed E-state index contributed by atoms with van der Waals surface area (Å²) in [6, 6.07) is 128. The Kier molecular flexibility index (Phi) is 27.1. The Balaban J connectivity index is 0.000000102. The monoisotopic (exact) mass is 2200 g/mol. The van der Waals surface area contributed by atoms with Gasteiger partial charge in [0, 0.05) is 129 Å². The number of primary amides is 2. The number of nitrogens with one attached hydrogen (secondary N) is 1. The van der Waals surface area contributed by atoms with Crippen molar-refractivity contribution in [3.63, 3.8) is 0 Å². The molecule has 728 valence electrons. The predicted octanol–water partition coefficient (Wildman–Crippen LogP) is 34.8. The lowest BCUT2D eigenvalue weighted by Gasteiger charge is -2.32. The number of alkyl halides is 1. The van der Waals surface area contributed by atoms with Crippen molar-refractivity contribution < 1.29 is 39.3 Å². The number of nitrogens with zero attached hydrogens (tertiary/aromatic N) is 2. The van der Waals surface area contributed by atoms with Crippen molar-refractivity contribution in [2.24, 2.45) is 11.5 Å². The van der Waals surface area contributed by atoms with Crippen LogP contribution in [0.25, 0.3) is 231 Å². The fraction of sp³-hybridized carbons (Fsp3) is 0.0574. The van der Waals surface area contributed by atoms with Gasteiger partial charge in [0.2, 0.25) is 11.8 Å². The summed E-state index contributed by atoms with van der Waals surface area (Å²) in [6.07, 6.45) is 0. The molecule has 13 nitrogen and oxygen atoms in total. The summed E-state index contributed by atoms with van der Waals surface area (Å²) in [6.45, 7) is 8.36. The van der Waals surface area contributed by atoms with Crippen molar-refractivity contribution in [3.8, 4) is 11.1 Å². The Bertz CT molecular complexity index is 10500. The molecule has 0 radical (unpaired) electrons. The maximum atomic E-state index is 12.7. The van der Waals surface area contributed by atoms with Gasteiger partial charge in [0.1, 0.15) is 5.15 Å². The van der Waals surface area contributed by atoms with Crippen molar-refractivity contribution in [1.82, 2.24) is 15.0 Å². The van der Waals surface area contributed by atoms with Crippen LogP contribution in [-0.2, 0) is 13.9 Å². The van der Waals surface area contributed by atoms with E-state index in [1.54, 1.807) is 69.6 Å². The minimum atomic E-state index is -3.22. The summed E-state index contributed by atoms with van der Waals surface area (Å²) in [4.78, 5) is 48.7. The highest BCUT2D eigenvalue weighted by Crippen LogP contribution is 2.61. The molecule has 29 rings (SSSR count). The first kappa shape index (κ1) is 98.6. The third-order valence-electron chi connectivity index (χ3n) is 27.8. The fourth-order valence-corrected chi connectivity index (χ4v) is 27.4. The van der Waals surface area contributed by atoms with E-state index in [4.69, 9.17) is 43.7 Å². The minimum Gasteiger partial charge on any atom is -0.423 e. The Labute approximate surface area is 901 Å². The number of halogens is 6. The minimum absolute atomic E-state index is 0.0258. The number of aromatic amines is 1. The fourth-order valence-electron chi connectivity index (χ4n) is 20.7. The van der Waals surface area contributed by atoms with Gasteiger partial charge in [-0.15, -0.1) is 56.7 Å². The summed E-state index contributed by atoms with van der Waals surface area (Å²) in [5.41, 5.74) is 17.2. The SMILES string of the molecule is CC1(C)OB(c2nc3c4sc5ccccc5c4c4ccccc4c3c3ccccc23)OC1(C)C.Clc1nc2c3sc4ccccc4c3c3ccccc3c2c2ccccc12.NC(=O)c1ccccc1-c1cc2sc3ccccc3c2c2ccccc12.NC(=O)c1ccccc1Br.O=P(Cl)(Cl)Cl.O=c1[nH]c2c3sc4ccccc4c3c3ccccc3c2c2ccccc12.OB(O)c1cc2sc3ccccc3c2c2ccccc12.[2H]CF. The summed E-state index contributed by atoms with van der Waals surface area (Å²) >= 11 is 32.5. The third-order valence-corrected chi connectivity index (χ3v) is 34.5.